The molecule has 0 unspecified atom stereocenters. The van der Waals surface area contributed by atoms with Crippen molar-refractivity contribution in [1.29, 1.82) is 5.26 Å². The number of fused-ring (bicyclic) bond motifs is 1. The zero-order chi connectivity index (χ0) is 23.4. The van der Waals surface area contributed by atoms with Crippen molar-refractivity contribution in [3.05, 3.63) is 76.2 Å². The molecule has 2 aromatic heterocycles. The lowest BCUT2D eigenvalue weighted by atomic mass is 10.1. The van der Waals surface area contributed by atoms with Gasteiger partial charge in [-0.3, -0.25) is 9.59 Å². The third-order valence-electron chi connectivity index (χ3n) is 5.02. The van der Waals surface area contributed by atoms with E-state index in [1.54, 1.807) is 9.58 Å². The van der Waals surface area contributed by atoms with Crippen molar-refractivity contribution < 1.29 is 4.79 Å². The molecule has 0 atom stereocenters. The maximum Gasteiger partial charge on any atom is 0.262 e. The summed E-state index contributed by atoms with van der Waals surface area (Å²) in [4.78, 5) is 34.6. The molecular formula is C24H22N6O2S. The number of nitrogens with zero attached hydrogens (tertiary/aromatic N) is 5. The number of benzene rings is 2. The number of hydrogen-bond donors (Lipinski definition) is 1. The second-order valence-electron chi connectivity index (χ2n) is 7.59. The minimum absolute atomic E-state index is 0.0618. The Morgan fingerprint density at radius 3 is 2.61 bits per heavy atom. The maximum absolute atomic E-state index is 13.1. The van der Waals surface area contributed by atoms with Crippen LogP contribution in [0.15, 0.2) is 64.7 Å². The van der Waals surface area contributed by atoms with Gasteiger partial charge in [0.2, 0.25) is 5.91 Å². The fourth-order valence-corrected chi connectivity index (χ4v) is 4.33. The molecule has 2 aromatic carbocycles. The van der Waals surface area contributed by atoms with Crippen molar-refractivity contribution in [1.82, 2.24) is 19.7 Å². The molecule has 4 aromatic rings. The molecule has 0 saturated heterocycles. The average molecular weight is 459 g/mol. The molecule has 0 fully saturated rings. The highest BCUT2D eigenvalue weighted by atomic mass is 32.2. The first-order valence-electron chi connectivity index (χ1n) is 10.4. The summed E-state index contributed by atoms with van der Waals surface area (Å²) >= 11 is 1.15. The number of amides is 1. The second-order valence-corrected chi connectivity index (χ2v) is 8.55. The molecule has 1 amide bonds. The van der Waals surface area contributed by atoms with Crippen LogP contribution in [0.2, 0.25) is 0 Å². The van der Waals surface area contributed by atoms with Gasteiger partial charge in [0.15, 0.2) is 10.8 Å². The third-order valence-corrected chi connectivity index (χ3v) is 5.87. The van der Waals surface area contributed by atoms with Crippen molar-refractivity contribution >= 4 is 34.4 Å². The molecule has 4 rings (SSSR count). The van der Waals surface area contributed by atoms with Gasteiger partial charge in [0.1, 0.15) is 5.39 Å². The highest BCUT2D eigenvalue weighted by Crippen LogP contribution is 2.22. The first-order chi connectivity index (χ1) is 16.0. The number of carbonyl (C=O) groups is 1. The van der Waals surface area contributed by atoms with Gasteiger partial charge in [0.05, 0.1) is 30.1 Å². The molecule has 0 bridgehead atoms. The molecule has 0 aliphatic heterocycles. The Kier molecular flexibility index (Phi) is 6.56. The summed E-state index contributed by atoms with van der Waals surface area (Å²) in [6, 6.07) is 17.4. The van der Waals surface area contributed by atoms with E-state index in [-0.39, 0.29) is 23.6 Å². The highest BCUT2D eigenvalue weighted by Gasteiger charge is 2.18. The standard InChI is InChI=1S/C24H22N6O2S/c1-16-11-17(2)13-19(12-16)29(10-6-9-25)21(31)15-33-24-27-22-20(23(32)28-24)14-26-30(22)18-7-4-3-5-8-18/h3-5,7-8,11-14H,6,10,15H2,1-2H3,(H,27,28,32). The van der Waals surface area contributed by atoms with E-state index in [0.29, 0.717) is 22.7 Å². The minimum Gasteiger partial charge on any atom is -0.311 e. The summed E-state index contributed by atoms with van der Waals surface area (Å²) in [7, 11) is 0. The van der Waals surface area contributed by atoms with Crippen LogP contribution in [0.3, 0.4) is 0 Å². The van der Waals surface area contributed by atoms with Gasteiger partial charge < -0.3 is 9.88 Å². The van der Waals surface area contributed by atoms with Crippen LogP contribution in [-0.2, 0) is 4.79 Å². The fraction of sp³-hybridized carbons (Fsp3) is 0.208. The number of nitriles is 1. The summed E-state index contributed by atoms with van der Waals surface area (Å²) in [5, 5.41) is 14.0. The van der Waals surface area contributed by atoms with E-state index in [1.165, 1.54) is 6.20 Å². The number of nitrogens with one attached hydrogen (secondary N) is 1. The Labute approximate surface area is 194 Å². The number of thioether (sulfide) groups is 1. The number of carbonyl (C=O) groups excluding carboxylic acids is 1. The molecule has 33 heavy (non-hydrogen) atoms. The molecular weight excluding hydrogens is 436 g/mol. The van der Waals surface area contributed by atoms with Gasteiger partial charge >= 0.3 is 0 Å². The summed E-state index contributed by atoms with van der Waals surface area (Å²) < 4.78 is 1.60. The first kappa shape index (κ1) is 22.3. The van der Waals surface area contributed by atoms with E-state index in [4.69, 9.17) is 5.26 Å². The van der Waals surface area contributed by atoms with E-state index in [0.717, 1.165) is 34.3 Å². The monoisotopic (exact) mass is 458 g/mol. The van der Waals surface area contributed by atoms with Gasteiger partial charge in [-0.25, -0.2) is 9.67 Å². The molecule has 2 heterocycles. The van der Waals surface area contributed by atoms with Crippen molar-refractivity contribution in [2.24, 2.45) is 0 Å². The highest BCUT2D eigenvalue weighted by molar-refractivity contribution is 7.99. The lowest BCUT2D eigenvalue weighted by Gasteiger charge is -2.22. The summed E-state index contributed by atoms with van der Waals surface area (Å²) in [6.45, 7) is 4.23. The third kappa shape index (κ3) is 4.96. The van der Waals surface area contributed by atoms with E-state index < -0.39 is 0 Å². The van der Waals surface area contributed by atoms with Crippen LogP contribution in [0.5, 0.6) is 0 Å². The number of aromatic nitrogens is 4. The smallest absolute Gasteiger partial charge is 0.262 e. The van der Waals surface area contributed by atoms with Crippen LogP contribution in [-0.4, -0.2) is 38.0 Å². The van der Waals surface area contributed by atoms with Gasteiger partial charge in [0, 0.05) is 12.2 Å². The van der Waals surface area contributed by atoms with Crippen molar-refractivity contribution in [3.8, 4) is 11.8 Å². The molecule has 1 N–H and O–H groups in total. The van der Waals surface area contributed by atoms with E-state index in [9.17, 15) is 9.59 Å². The second kappa shape index (κ2) is 9.71. The van der Waals surface area contributed by atoms with Crippen LogP contribution in [0.25, 0.3) is 16.7 Å². The number of para-hydroxylation sites is 1. The normalized spacial score (nSPS) is 10.8. The molecule has 0 saturated carbocycles. The van der Waals surface area contributed by atoms with Crippen LogP contribution in [0, 0.1) is 25.2 Å². The zero-order valence-corrected chi connectivity index (χ0v) is 19.1. The number of aromatic amines is 1. The van der Waals surface area contributed by atoms with Gasteiger partial charge in [-0.05, 0) is 49.2 Å². The average Bonchev–Trinajstić information content (AvgIpc) is 3.22. The van der Waals surface area contributed by atoms with E-state index in [2.05, 4.69) is 21.1 Å². The zero-order valence-electron chi connectivity index (χ0n) is 18.3. The SMILES string of the molecule is Cc1cc(C)cc(N(CCC#N)C(=O)CSc2nc3c(cnn3-c3ccccc3)c(=O)[nH]2)c1. The van der Waals surface area contributed by atoms with Crippen molar-refractivity contribution in [2.75, 3.05) is 17.2 Å². The molecule has 0 aliphatic rings. The lowest BCUT2D eigenvalue weighted by molar-refractivity contribution is -0.116. The number of hydrogen-bond acceptors (Lipinski definition) is 6. The Morgan fingerprint density at radius 2 is 1.91 bits per heavy atom. The number of rotatable bonds is 7. The molecule has 166 valence electrons. The van der Waals surface area contributed by atoms with E-state index >= 15 is 0 Å². The Balaban J connectivity index is 1.59. The quantitative estimate of drug-likeness (QED) is 0.334. The van der Waals surface area contributed by atoms with Crippen LogP contribution >= 0.6 is 11.8 Å². The van der Waals surface area contributed by atoms with Crippen LogP contribution < -0.4 is 10.5 Å². The number of aryl methyl sites for hydroxylation is 2. The Bertz CT molecular complexity index is 1380. The van der Waals surface area contributed by atoms with Crippen molar-refractivity contribution in [3.63, 3.8) is 0 Å². The maximum atomic E-state index is 13.1. The Morgan fingerprint density at radius 1 is 1.18 bits per heavy atom. The largest absolute Gasteiger partial charge is 0.311 e. The molecule has 0 spiro atoms. The minimum atomic E-state index is -0.312. The Hall–Kier alpha value is -3.90. The number of H-pyrrole nitrogens is 1. The van der Waals surface area contributed by atoms with Gasteiger partial charge in [0.25, 0.3) is 5.56 Å². The first-order valence-corrected chi connectivity index (χ1v) is 11.4. The summed E-state index contributed by atoms with van der Waals surface area (Å²) in [6.07, 6.45) is 1.71. The fourth-order valence-electron chi connectivity index (χ4n) is 3.60. The molecule has 9 heteroatoms. The van der Waals surface area contributed by atoms with Crippen LogP contribution in [0.1, 0.15) is 17.5 Å². The topological polar surface area (TPSA) is 108 Å². The summed E-state index contributed by atoms with van der Waals surface area (Å²) in [5.41, 5.74) is 3.74. The summed E-state index contributed by atoms with van der Waals surface area (Å²) in [5.74, 6) is -0.105. The van der Waals surface area contributed by atoms with Gasteiger partial charge in [-0.2, -0.15) is 10.4 Å². The predicted molar refractivity (Wildman–Crippen MR) is 129 cm³/mol. The predicted octanol–water partition coefficient (Wildman–Crippen LogP) is 3.76. The number of anilines is 1. The van der Waals surface area contributed by atoms with Gasteiger partial charge in [-0.1, -0.05) is 36.0 Å². The molecule has 0 radical (unpaired) electrons. The van der Waals surface area contributed by atoms with Gasteiger partial charge in [-0.15, -0.1) is 0 Å². The lowest BCUT2D eigenvalue weighted by Crippen LogP contribution is -2.33. The van der Waals surface area contributed by atoms with E-state index in [1.807, 2.05) is 62.4 Å². The van der Waals surface area contributed by atoms with Crippen molar-refractivity contribution in [2.45, 2.75) is 25.4 Å². The van der Waals surface area contributed by atoms with Crippen LogP contribution in [0.4, 0.5) is 5.69 Å². The molecule has 0 aliphatic carbocycles. The molecule has 8 nitrogen and oxygen atoms in total.